The Morgan fingerprint density at radius 1 is 1.35 bits per heavy atom. The molecular formula is C12H22N2O3. The number of esters is 1. The zero-order valence-corrected chi connectivity index (χ0v) is 10.5. The van der Waals surface area contributed by atoms with Crippen LogP contribution in [0.25, 0.3) is 0 Å². The van der Waals surface area contributed by atoms with Gasteiger partial charge in [-0.25, -0.2) is 4.79 Å². The van der Waals surface area contributed by atoms with Crippen LogP contribution in [0.1, 0.15) is 19.3 Å². The van der Waals surface area contributed by atoms with Crippen molar-refractivity contribution in [2.24, 2.45) is 0 Å². The molecule has 0 aromatic rings. The van der Waals surface area contributed by atoms with E-state index < -0.39 is 5.54 Å². The Kier molecular flexibility index (Phi) is 4.36. The fraction of sp³-hybridized carbons (Fsp3) is 0.917. The van der Waals surface area contributed by atoms with Gasteiger partial charge in [-0.15, -0.1) is 0 Å². The monoisotopic (exact) mass is 242 g/mol. The molecule has 2 aliphatic rings. The Balaban J connectivity index is 2.15. The van der Waals surface area contributed by atoms with Crippen LogP contribution < -0.4 is 5.32 Å². The molecule has 2 aliphatic heterocycles. The number of carbonyl (C=O) groups is 1. The first-order chi connectivity index (χ1) is 8.29. The highest BCUT2D eigenvalue weighted by Crippen LogP contribution is 2.28. The van der Waals surface area contributed by atoms with Crippen molar-refractivity contribution < 1.29 is 14.3 Å². The van der Waals surface area contributed by atoms with Gasteiger partial charge in [-0.05, 0) is 25.8 Å². The molecule has 2 fully saturated rings. The van der Waals surface area contributed by atoms with Gasteiger partial charge in [-0.1, -0.05) is 0 Å². The second-order valence-electron chi connectivity index (χ2n) is 4.77. The van der Waals surface area contributed by atoms with Crippen molar-refractivity contribution in [3.63, 3.8) is 0 Å². The van der Waals surface area contributed by atoms with Crippen LogP contribution >= 0.6 is 0 Å². The summed E-state index contributed by atoms with van der Waals surface area (Å²) >= 11 is 0. The zero-order chi connectivity index (χ0) is 12.1. The molecule has 0 aliphatic carbocycles. The summed E-state index contributed by atoms with van der Waals surface area (Å²) in [6, 6.07) is 0. The van der Waals surface area contributed by atoms with Crippen molar-refractivity contribution in [3.05, 3.63) is 0 Å². The molecule has 0 aromatic heterocycles. The maximum atomic E-state index is 12.1. The second kappa shape index (κ2) is 5.80. The molecular weight excluding hydrogens is 220 g/mol. The predicted molar refractivity (Wildman–Crippen MR) is 63.9 cm³/mol. The molecule has 0 radical (unpaired) electrons. The summed E-state index contributed by atoms with van der Waals surface area (Å²) in [7, 11) is 1.47. The van der Waals surface area contributed by atoms with E-state index in [0.717, 1.165) is 52.0 Å². The van der Waals surface area contributed by atoms with E-state index in [1.165, 1.54) is 7.11 Å². The van der Waals surface area contributed by atoms with E-state index >= 15 is 0 Å². The van der Waals surface area contributed by atoms with E-state index in [1.54, 1.807) is 0 Å². The smallest absolute Gasteiger partial charge is 0.328 e. The van der Waals surface area contributed by atoms with E-state index in [1.807, 2.05) is 0 Å². The number of nitrogens with zero attached hydrogens (tertiary/aromatic N) is 1. The molecule has 2 saturated heterocycles. The van der Waals surface area contributed by atoms with E-state index in [2.05, 4.69) is 10.2 Å². The maximum Gasteiger partial charge on any atom is 0.328 e. The number of carbonyl (C=O) groups excluding carboxylic acids is 1. The van der Waals surface area contributed by atoms with E-state index in [9.17, 15) is 4.79 Å². The molecule has 2 rings (SSSR count). The molecule has 1 N–H and O–H groups in total. The van der Waals surface area contributed by atoms with Gasteiger partial charge in [0.2, 0.25) is 0 Å². The average molecular weight is 242 g/mol. The van der Waals surface area contributed by atoms with Crippen molar-refractivity contribution in [1.29, 1.82) is 0 Å². The van der Waals surface area contributed by atoms with Crippen LogP contribution in [0.2, 0.25) is 0 Å². The Hall–Kier alpha value is -0.650. The topological polar surface area (TPSA) is 50.8 Å². The van der Waals surface area contributed by atoms with E-state index in [4.69, 9.17) is 9.47 Å². The molecule has 0 aromatic carbocycles. The Morgan fingerprint density at radius 3 is 2.94 bits per heavy atom. The summed E-state index contributed by atoms with van der Waals surface area (Å²) in [5.74, 6) is -0.140. The van der Waals surface area contributed by atoms with Gasteiger partial charge in [0.25, 0.3) is 0 Å². The first-order valence-corrected chi connectivity index (χ1v) is 6.41. The summed E-state index contributed by atoms with van der Waals surface area (Å²) < 4.78 is 10.5. The van der Waals surface area contributed by atoms with Crippen molar-refractivity contribution in [2.75, 3.05) is 46.5 Å². The average Bonchev–Trinajstić information content (AvgIpc) is 2.67. The van der Waals surface area contributed by atoms with Crippen LogP contribution in [0.4, 0.5) is 0 Å². The number of rotatable bonds is 2. The Morgan fingerprint density at radius 2 is 2.24 bits per heavy atom. The zero-order valence-electron chi connectivity index (χ0n) is 10.5. The van der Waals surface area contributed by atoms with Crippen molar-refractivity contribution in [1.82, 2.24) is 10.2 Å². The standard InChI is InChI=1S/C12H22N2O3/c1-16-11(15)12(4-2-9-17-10-12)14-7-3-5-13-6-8-14/h13H,2-10H2,1H3. The van der Waals surface area contributed by atoms with Gasteiger partial charge in [0.1, 0.15) is 5.54 Å². The third kappa shape index (κ3) is 2.61. The number of nitrogens with one attached hydrogen (secondary N) is 1. The van der Waals surface area contributed by atoms with Gasteiger partial charge in [0.15, 0.2) is 0 Å². The number of hydrogen-bond acceptors (Lipinski definition) is 5. The quantitative estimate of drug-likeness (QED) is 0.691. The minimum Gasteiger partial charge on any atom is -0.468 e. The van der Waals surface area contributed by atoms with Crippen molar-refractivity contribution in [2.45, 2.75) is 24.8 Å². The van der Waals surface area contributed by atoms with Crippen LogP contribution in [0, 0.1) is 0 Å². The molecule has 5 heteroatoms. The number of methoxy groups -OCH3 is 1. The van der Waals surface area contributed by atoms with Crippen LogP contribution in [0.15, 0.2) is 0 Å². The van der Waals surface area contributed by atoms with Gasteiger partial charge >= 0.3 is 5.97 Å². The molecule has 2 heterocycles. The number of hydrogen-bond donors (Lipinski definition) is 1. The van der Waals surface area contributed by atoms with Gasteiger partial charge < -0.3 is 14.8 Å². The lowest BCUT2D eigenvalue weighted by Gasteiger charge is -2.43. The molecule has 17 heavy (non-hydrogen) atoms. The summed E-state index contributed by atoms with van der Waals surface area (Å²) in [6.07, 6.45) is 2.84. The summed E-state index contributed by atoms with van der Waals surface area (Å²) in [4.78, 5) is 14.4. The first-order valence-electron chi connectivity index (χ1n) is 6.41. The minimum absolute atomic E-state index is 0.140. The Bertz CT molecular complexity index is 256. The lowest BCUT2D eigenvalue weighted by Crippen LogP contribution is -2.60. The SMILES string of the molecule is COC(=O)C1(N2CCCNCC2)CCCOC1. The molecule has 98 valence electrons. The molecule has 1 unspecified atom stereocenters. The van der Waals surface area contributed by atoms with Gasteiger partial charge in [0, 0.05) is 26.2 Å². The van der Waals surface area contributed by atoms with Gasteiger partial charge in [0.05, 0.1) is 13.7 Å². The van der Waals surface area contributed by atoms with Crippen LogP contribution in [0.5, 0.6) is 0 Å². The lowest BCUT2D eigenvalue weighted by atomic mass is 9.90. The third-order valence-corrected chi connectivity index (χ3v) is 3.73. The fourth-order valence-electron chi connectivity index (χ4n) is 2.78. The third-order valence-electron chi connectivity index (χ3n) is 3.73. The largest absolute Gasteiger partial charge is 0.468 e. The highest BCUT2D eigenvalue weighted by Gasteiger charge is 2.46. The molecule has 0 amide bonds. The summed E-state index contributed by atoms with van der Waals surface area (Å²) in [5, 5.41) is 3.36. The molecule has 0 spiro atoms. The highest BCUT2D eigenvalue weighted by atomic mass is 16.5. The second-order valence-corrected chi connectivity index (χ2v) is 4.77. The lowest BCUT2D eigenvalue weighted by molar-refractivity contribution is -0.165. The van der Waals surface area contributed by atoms with E-state index in [-0.39, 0.29) is 5.97 Å². The molecule has 0 saturated carbocycles. The van der Waals surface area contributed by atoms with Crippen LogP contribution in [0.3, 0.4) is 0 Å². The minimum atomic E-state index is -0.543. The van der Waals surface area contributed by atoms with Crippen LogP contribution in [-0.4, -0.2) is 62.9 Å². The fourth-order valence-corrected chi connectivity index (χ4v) is 2.78. The molecule has 5 nitrogen and oxygen atoms in total. The highest BCUT2D eigenvalue weighted by molar-refractivity contribution is 5.81. The Labute approximate surface area is 102 Å². The summed E-state index contributed by atoms with van der Waals surface area (Å²) in [5.41, 5.74) is -0.543. The van der Waals surface area contributed by atoms with Gasteiger partial charge in [-0.2, -0.15) is 0 Å². The van der Waals surface area contributed by atoms with E-state index in [0.29, 0.717) is 6.61 Å². The van der Waals surface area contributed by atoms with Crippen molar-refractivity contribution in [3.8, 4) is 0 Å². The number of ether oxygens (including phenoxy) is 2. The maximum absolute atomic E-state index is 12.1. The van der Waals surface area contributed by atoms with Crippen LogP contribution in [-0.2, 0) is 14.3 Å². The first kappa shape index (κ1) is 12.8. The molecule has 0 bridgehead atoms. The normalized spacial score (nSPS) is 31.8. The predicted octanol–water partition coefficient (Wildman–Crippen LogP) is 0.00390. The summed E-state index contributed by atoms with van der Waals surface area (Å²) in [6.45, 7) is 5.00. The van der Waals surface area contributed by atoms with Crippen molar-refractivity contribution >= 4 is 5.97 Å². The van der Waals surface area contributed by atoms with Gasteiger partial charge in [-0.3, -0.25) is 4.90 Å². The molecule has 1 atom stereocenters.